The first-order valence-corrected chi connectivity index (χ1v) is 6.24. The summed E-state index contributed by atoms with van der Waals surface area (Å²) in [6.07, 6.45) is 9.33. The fraction of sp³-hybridized carbons (Fsp3) is 0.188. The van der Waals surface area contributed by atoms with Crippen molar-refractivity contribution in [1.82, 2.24) is 0 Å². The van der Waals surface area contributed by atoms with E-state index in [2.05, 4.69) is 53.2 Å². The van der Waals surface area contributed by atoms with Gasteiger partial charge in [0.05, 0.1) is 5.56 Å². The molecular formula is C16H14N+. The zero-order valence-corrected chi connectivity index (χ0v) is 9.69. The second-order valence-corrected chi connectivity index (χ2v) is 4.80. The van der Waals surface area contributed by atoms with Gasteiger partial charge in [0, 0.05) is 16.8 Å². The number of rotatable bonds is 0. The third-order valence-electron chi connectivity index (χ3n) is 3.78. The quantitative estimate of drug-likeness (QED) is 0.504. The zero-order chi connectivity index (χ0) is 11.2. The number of nitrogens with zero attached hydrogens (tertiary/aromatic N) is 1. The van der Waals surface area contributed by atoms with E-state index < -0.39 is 0 Å². The van der Waals surface area contributed by atoms with Crippen molar-refractivity contribution in [3.05, 3.63) is 52.5 Å². The highest BCUT2D eigenvalue weighted by atomic mass is 15.0. The van der Waals surface area contributed by atoms with Crippen molar-refractivity contribution in [1.29, 1.82) is 0 Å². The van der Waals surface area contributed by atoms with Crippen LogP contribution in [0.15, 0.2) is 36.5 Å². The lowest BCUT2D eigenvalue weighted by Gasteiger charge is -2.01. The molecule has 0 bridgehead atoms. The van der Waals surface area contributed by atoms with Gasteiger partial charge in [-0.3, -0.25) is 0 Å². The maximum atomic E-state index is 2.39. The maximum Gasteiger partial charge on any atom is 0.220 e. The average molecular weight is 220 g/mol. The van der Waals surface area contributed by atoms with Crippen LogP contribution in [0.5, 0.6) is 0 Å². The van der Waals surface area contributed by atoms with E-state index in [4.69, 9.17) is 0 Å². The zero-order valence-electron chi connectivity index (χ0n) is 9.69. The highest BCUT2D eigenvalue weighted by molar-refractivity contribution is 5.65. The third kappa shape index (κ3) is 1.22. The minimum absolute atomic E-state index is 1.02. The van der Waals surface area contributed by atoms with Crippen molar-refractivity contribution in [2.45, 2.75) is 19.4 Å². The molecule has 4 rings (SSSR count). The lowest BCUT2D eigenvalue weighted by atomic mass is 10.0. The summed E-state index contributed by atoms with van der Waals surface area (Å²) in [7, 11) is 0. The van der Waals surface area contributed by atoms with Crippen molar-refractivity contribution in [3.63, 3.8) is 0 Å². The van der Waals surface area contributed by atoms with Gasteiger partial charge in [-0.2, -0.15) is 4.57 Å². The first kappa shape index (κ1) is 9.17. The molecule has 1 heteroatoms. The highest BCUT2D eigenvalue weighted by Gasteiger charge is 2.26. The highest BCUT2D eigenvalue weighted by Crippen LogP contribution is 2.22. The van der Waals surface area contributed by atoms with Gasteiger partial charge in [0.2, 0.25) is 5.69 Å². The van der Waals surface area contributed by atoms with E-state index in [1.807, 2.05) is 0 Å². The van der Waals surface area contributed by atoms with Gasteiger partial charge in [-0.05, 0) is 24.1 Å². The molecule has 2 aliphatic rings. The van der Waals surface area contributed by atoms with E-state index in [-0.39, 0.29) is 0 Å². The van der Waals surface area contributed by atoms with E-state index in [0.29, 0.717) is 0 Å². The fourth-order valence-corrected chi connectivity index (χ4v) is 2.99. The summed E-state index contributed by atoms with van der Waals surface area (Å²) in [6, 6.07) is 11.0. The summed E-state index contributed by atoms with van der Waals surface area (Å²) in [5.74, 6) is 0. The minimum Gasteiger partial charge on any atom is -0.193 e. The molecule has 0 N–H and O–H groups in total. The Morgan fingerprint density at radius 1 is 0.941 bits per heavy atom. The molecule has 0 amide bonds. The Morgan fingerprint density at radius 2 is 1.82 bits per heavy atom. The summed E-state index contributed by atoms with van der Waals surface area (Å²) in [6.45, 7) is 1.02. The fourth-order valence-electron chi connectivity index (χ4n) is 2.99. The largest absolute Gasteiger partial charge is 0.220 e. The van der Waals surface area contributed by atoms with Crippen molar-refractivity contribution in [3.8, 4) is 11.3 Å². The molecule has 0 spiro atoms. The van der Waals surface area contributed by atoms with Crippen LogP contribution in [0.25, 0.3) is 23.4 Å². The first-order chi connectivity index (χ1) is 8.43. The third-order valence-corrected chi connectivity index (χ3v) is 3.78. The Bertz CT molecular complexity index is 726. The van der Waals surface area contributed by atoms with Crippen molar-refractivity contribution < 1.29 is 4.57 Å². The first-order valence-electron chi connectivity index (χ1n) is 6.24. The molecule has 1 aliphatic carbocycles. The second-order valence-electron chi connectivity index (χ2n) is 4.80. The molecule has 0 radical (unpaired) electrons. The molecule has 1 aromatic heterocycles. The van der Waals surface area contributed by atoms with Gasteiger partial charge < -0.3 is 0 Å². The van der Waals surface area contributed by atoms with Crippen LogP contribution < -0.4 is 15.0 Å². The van der Waals surface area contributed by atoms with Crippen LogP contribution in [0, 0.1) is 0 Å². The van der Waals surface area contributed by atoms with Crippen molar-refractivity contribution >= 4 is 12.2 Å². The standard InChI is InChI=1S/C16H14N/c1-3-7-14-12(5-1)9-10-17-11-13-6-2-4-8-15(13)16(14)17/h2,4-10H,1,3,11H2/q+1. The lowest BCUT2D eigenvalue weighted by Crippen LogP contribution is -2.43. The summed E-state index contributed by atoms with van der Waals surface area (Å²) in [4.78, 5) is 0. The summed E-state index contributed by atoms with van der Waals surface area (Å²) in [5, 5.41) is 2.84. The summed E-state index contributed by atoms with van der Waals surface area (Å²) in [5.41, 5.74) is 4.27. The molecular weight excluding hydrogens is 206 g/mol. The van der Waals surface area contributed by atoms with Gasteiger partial charge in [0.15, 0.2) is 12.7 Å². The van der Waals surface area contributed by atoms with Crippen LogP contribution in [-0.4, -0.2) is 0 Å². The van der Waals surface area contributed by atoms with E-state index in [1.165, 1.54) is 40.1 Å². The Labute approximate surface area is 100 Å². The van der Waals surface area contributed by atoms with E-state index in [1.54, 1.807) is 0 Å². The molecule has 0 atom stereocenters. The molecule has 82 valence electrons. The summed E-state index contributed by atoms with van der Waals surface area (Å²) >= 11 is 0. The monoisotopic (exact) mass is 220 g/mol. The molecule has 1 aromatic carbocycles. The number of hydrogen-bond donors (Lipinski definition) is 0. The van der Waals surface area contributed by atoms with Crippen molar-refractivity contribution in [2.75, 3.05) is 0 Å². The molecule has 0 saturated heterocycles. The second kappa shape index (κ2) is 3.30. The number of aromatic nitrogens is 1. The van der Waals surface area contributed by atoms with Crippen LogP contribution in [-0.2, 0) is 6.54 Å². The van der Waals surface area contributed by atoms with Crippen LogP contribution >= 0.6 is 0 Å². The Balaban J connectivity index is 2.17. The molecule has 2 heterocycles. The molecule has 0 fully saturated rings. The van der Waals surface area contributed by atoms with Gasteiger partial charge in [0.1, 0.15) is 0 Å². The van der Waals surface area contributed by atoms with Gasteiger partial charge >= 0.3 is 0 Å². The Kier molecular flexibility index (Phi) is 1.78. The predicted octanol–water partition coefficient (Wildman–Crippen LogP) is 1.36. The molecule has 1 aliphatic heterocycles. The Morgan fingerprint density at radius 3 is 2.82 bits per heavy atom. The number of benzene rings is 1. The SMILES string of the molecule is C1=c2cc[n+]3c(c2=CCC1)-c1ccccc1C3. The Hall–Kier alpha value is -1.89. The van der Waals surface area contributed by atoms with Crippen molar-refractivity contribution in [2.24, 2.45) is 0 Å². The smallest absolute Gasteiger partial charge is 0.193 e. The van der Waals surface area contributed by atoms with Gasteiger partial charge in [-0.15, -0.1) is 0 Å². The topological polar surface area (TPSA) is 3.88 Å². The minimum atomic E-state index is 1.02. The average Bonchev–Trinajstić information content (AvgIpc) is 2.77. The lowest BCUT2D eigenvalue weighted by molar-refractivity contribution is -0.672. The predicted molar refractivity (Wildman–Crippen MR) is 68.6 cm³/mol. The van der Waals surface area contributed by atoms with E-state index in [0.717, 1.165) is 6.54 Å². The van der Waals surface area contributed by atoms with Gasteiger partial charge in [-0.1, -0.05) is 30.4 Å². The normalized spacial score (nSPS) is 15.3. The molecule has 2 aromatic rings. The van der Waals surface area contributed by atoms with E-state index in [9.17, 15) is 0 Å². The molecule has 0 unspecified atom stereocenters. The maximum absolute atomic E-state index is 2.39. The van der Waals surface area contributed by atoms with Gasteiger partial charge in [0.25, 0.3) is 0 Å². The summed E-state index contributed by atoms with van der Waals surface area (Å²) < 4.78 is 2.37. The molecule has 1 nitrogen and oxygen atoms in total. The van der Waals surface area contributed by atoms with Crippen LogP contribution in [0.2, 0.25) is 0 Å². The number of pyridine rings is 1. The van der Waals surface area contributed by atoms with E-state index >= 15 is 0 Å². The number of fused-ring (bicyclic) bond motifs is 5. The van der Waals surface area contributed by atoms with Crippen LogP contribution in [0.1, 0.15) is 18.4 Å². The number of hydrogen-bond acceptors (Lipinski definition) is 0. The van der Waals surface area contributed by atoms with Crippen LogP contribution in [0.3, 0.4) is 0 Å². The van der Waals surface area contributed by atoms with Crippen LogP contribution in [0.4, 0.5) is 0 Å². The van der Waals surface area contributed by atoms with Gasteiger partial charge in [-0.25, -0.2) is 0 Å². The molecule has 17 heavy (non-hydrogen) atoms. The molecule has 0 saturated carbocycles.